The molecule has 0 unspecified atom stereocenters. The van der Waals surface area contributed by atoms with Crippen molar-refractivity contribution in [3.05, 3.63) is 35.8 Å². The van der Waals surface area contributed by atoms with Crippen LogP contribution in [0.5, 0.6) is 0 Å². The molecule has 0 saturated heterocycles. The number of fused-ring (bicyclic) bond motifs is 3. The number of hydrogen-bond donors (Lipinski definition) is 1. The van der Waals surface area contributed by atoms with Crippen LogP contribution in [0.4, 0.5) is 0 Å². The van der Waals surface area contributed by atoms with Crippen molar-refractivity contribution in [3.8, 4) is 0 Å². The van der Waals surface area contributed by atoms with Crippen molar-refractivity contribution in [2.24, 2.45) is 0 Å². The Morgan fingerprint density at radius 2 is 2.38 bits per heavy atom. The van der Waals surface area contributed by atoms with Gasteiger partial charge >= 0.3 is 0 Å². The predicted molar refractivity (Wildman–Crippen MR) is 50.6 cm³/mol. The lowest BCUT2D eigenvalue weighted by atomic mass is 10.2. The van der Waals surface area contributed by atoms with Gasteiger partial charge in [-0.3, -0.25) is 0 Å². The Balaban J connectivity index is 2.34. The second kappa shape index (κ2) is 2.57. The van der Waals surface area contributed by atoms with Gasteiger partial charge in [0.1, 0.15) is 5.65 Å². The number of imidazole rings is 1. The summed E-state index contributed by atoms with van der Waals surface area (Å²) < 4.78 is 2.17. The molecular weight excluding hydrogens is 162 g/mol. The second-order valence-corrected chi connectivity index (χ2v) is 3.36. The summed E-state index contributed by atoms with van der Waals surface area (Å²) >= 11 is 0. The van der Waals surface area contributed by atoms with Crippen molar-refractivity contribution in [2.45, 2.75) is 13.0 Å². The fourth-order valence-corrected chi connectivity index (χ4v) is 1.90. The Morgan fingerprint density at radius 1 is 1.38 bits per heavy atom. The van der Waals surface area contributed by atoms with E-state index >= 15 is 0 Å². The van der Waals surface area contributed by atoms with Gasteiger partial charge in [0.05, 0.1) is 11.4 Å². The maximum atomic E-state index is 4.58. The lowest BCUT2D eigenvalue weighted by molar-refractivity contribution is 0.621. The Kier molecular flexibility index (Phi) is 1.40. The van der Waals surface area contributed by atoms with E-state index in [1.165, 1.54) is 11.4 Å². The first-order valence-corrected chi connectivity index (χ1v) is 4.61. The summed E-state index contributed by atoms with van der Waals surface area (Å²) in [5.74, 6) is 0. The Hall–Kier alpha value is -1.35. The van der Waals surface area contributed by atoms with Gasteiger partial charge in [0.25, 0.3) is 0 Å². The summed E-state index contributed by atoms with van der Waals surface area (Å²) in [5, 5.41) is 3.36. The molecule has 1 N–H and O–H groups in total. The van der Waals surface area contributed by atoms with Gasteiger partial charge in [-0.15, -0.1) is 0 Å². The molecule has 3 heterocycles. The molecule has 0 atom stereocenters. The second-order valence-electron chi connectivity index (χ2n) is 3.36. The van der Waals surface area contributed by atoms with Crippen LogP contribution in [0.2, 0.25) is 0 Å². The van der Waals surface area contributed by atoms with Crippen LogP contribution in [0.15, 0.2) is 24.4 Å². The summed E-state index contributed by atoms with van der Waals surface area (Å²) in [6.07, 6.45) is 3.13. The third kappa shape index (κ3) is 0.971. The first kappa shape index (κ1) is 7.09. The van der Waals surface area contributed by atoms with Crippen molar-refractivity contribution in [2.75, 3.05) is 6.54 Å². The molecule has 3 nitrogen and oxygen atoms in total. The van der Waals surface area contributed by atoms with Gasteiger partial charge in [0.15, 0.2) is 0 Å². The molecule has 0 aromatic carbocycles. The average Bonchev–Trinajstić information content (AvgIpc) is 2.56. The Bertz CT molecular complexity index is 444. The van der Waals surface area contributed by atoms with Crippen molar-refractivity contribution in [1.29, 1.82) is 0 Å². The van der Waals surface area contributed by atoms with E-state index in [0.29, 0.717) is 0 Å². The number of aromatic nitrogens is 2. The summed E-state index contributed by atoms with van der Waals surface area (Å²) in [4.78, 5) is 4.58. The van der Waals surface area contributed by atoms with E-state index in [1.54, 1.807) is 0 Å². The SMILES string of the molecule is c1ccn2c3c(nc2c1)CCNC3. The molecule has 2 aromatic heterocycles. The van der Waals surface area contributed by atoms with Crippen LogP contribution in [0.3, 0.4) is 0 Å². The van der Waals surface area contributed by atoms with Crippen LogP contribution in [0.1, 0.15) is 11.4 Å². The average molecular weight is 173 g/mol. The highest BCUT2D eigenvalue weighted by Crippen LogP contribution is 2.15. The molecule has 0 saturated carbocycles. The molecule has 0 spiro atoms. The predicted octanol–water partition coefficient (Wildman–Crippen LogP) is 0.980. The summed E-state index contributed by atoms with van der Waals surface area (Å²) in [6.45, 7) is 2.00. The zero-order valence-electron chi connectivity index (χ0n) is 7.33. The number of pyridine rings is 1. The van der Waals surface area contributed by atoms with Crippen LogP contribution < -0.4 is 5.32 Å². The topological polar surface area (TPSA) is 29.3 Å². The van der Waals surface area contributed by atoms with E-state index in [1.807, 2.05) is 12.1 Å². The molecule has 13 heavy (non-hydrogen) atoms. The summed E-state index contributed by atoms with van der Waals surface area (Å²) in [5.41, 5.74) is 3.64. The van der Waals surface area contributed by atoms with Crippen molar-refractivity contribution < 1.29 is 0 Å². The van der Waals surface area contributed by atoms with Crippen LogP contribution in [-0.4, -0.2) is 15.9 Å². The third-order valence-electron chi connectivity index (χ3n) is 2.54. The Morgan fingerprint density at radius 3 is 3.38 bits per heavy atom. The van der Waals surface area contributed by atoms with E-state index in [2.05, 4.69) is 27.0 Å². The molecule has 3 heteroatoms. The molecule has 66 valence electrons. The van der Waals surface area contributed by atoms with E-state index in [4.69, 9.17) is 0 Å². The Labute approximate surface area is 76.4 Å². The van der Waals surface area contributed by atoms with Gasteiger partial charge in [-0.25, -0.2) is 4.98 Å². The van der Waals surface area contributed by atoms with Gasteiger partial charge in [0.2, 0.25) is 0 Å². The molecule has 3 rings (SSSR count). The number of rotatable bonds is 0. The van der Waals surface area contributed by atoms with Crippen LogP contribution >= 0.6 is 0 Å². The summed E-state index contributed by atoms with van der Waals surface area (Å²) in [6, 6.07) is 6.13. The van der Waals surface area contributed by atoms with E-state index in [0.717, 1.165) is 25.2 Å². The third-order valence-corrected chi connectivity index (χ3v) is 2.54. The van der Waals surface area contributed by atoms with Crippen LogP contribution in [0, 0.1) is 0 Å². The molecule has 0 bridgehead atoms. The number of hydrogen-bond acceptors (Lipinski definition) is 2. The fourth-order valence-electron chi connectivity index (χ4n) is 1.90. The van der Waals surface area contributed by atoms with E-state index in [9.17, 15) is 0 Å². The minimum absolute atomic E-state index is 0.945. The van der Waals surface area contributed by atoms with Gasteiger partial charge in [-0.05, 0) is 12.1 Å². The first-order chi connectivity index (χ1) is 6.45. The normalized spacial score (nSPS) is 16.0. The zero-order chi connectivity index (χ0) is 8.67. The smallest absolute Gasteiger partial charge is 0.137 e. The molecule has 0 fully saturated rings. The van der Waals surface area contributed by atoms with Gasteiger partial charge in [0, 0.05) is 25.7 Å². The van der Waals surface area contributed by atoms with E-state index in [-0.39, 0.29) is 0 Å². The first-order valence-electron chi connectivity index (χ1n) is 4.61. The fraction of sp³-hybridized carbons (Fsp3) is 0.300. The highest BCUT2D eigenvalue weighted by atomic mass is 15.1. The van der Waals surface area contributed by atoms with Crippen molar-refractivity contribution >= 4 is 5.65 Å². The van der Waals surface area contributed by atoms with Crippen molar-refractivity contribution in [1.82, 2.24) is 14.7 Å². The maximum absolute atomic E-state index is 4.58. The highest BCUT2D eigenvalue weighted by Gasteiger charge is 2.14. The van der Waals surface area contributed by atoms with Gasteiger partial charge in [-0.2, -0.15) is 0 Å². The lowest BCUT2D eigenvalue weighted by Gasteiger charge is -2.11. The largest absolute Gasteiger partial charge is 0.311 e. The van der Waals surface area contributed by atoms with Crippen LogP contribution in [0.25, 0.3) is 5.65 Å². The monoisotopic (exact) mass is 173 g/mol. The minimum Gasteiger partial charge on any atom is -0.311 e. The zero-order valence-corrected chi connectivity index (χ0v) is 7.33. The molecule has 0 aliphatic carbocycles. The quantitative estimate of drug-likeness (QED) is 0.643. The minimum atomic E-state index is 0.945. The van der Waals surface area contributed by atoms with Gasteiger partial charge in [-0.1, -0.05) is 6.07 Å². The van der Waals surface area contributed by atoms with Crippen molar-refractivity contribution in [3.63, 3.8) is 0 Å². The number of nitrogens with one attached hydrogen (secondary N) is 1. The van der Waals surface area contributed by atoms with Crippen LogP contribution in [-0.2, 0) is 13.0 Å². The van der Waals surface area contributed by atoms with E-state index < -0.39 is 0 Å². The van der Waals surface area contributed by atoms with Gasteiger partial charge < -0.3 is 9.72 Å². The lowest BCUT2D eigenvalue weighted by Crippen LogP contribution is -2.24. The standard InChI is InChI=1S/C10H11N3/c1-2-6-13-9-7-11-5-4-8(9)12-10(13)3-1/h1-3,6,11H,4-5,7H2. The molecular formula is C10H11N3. The molecule has 1 aliphatic rings. The maximum Gasteiger partial charge on any atom is 0.137 e. The molecule has 2 aromatic rings. The summed E-state index contributed by atoms with van der Waals surface area (Å²) in [7, 11) is 0. The molecule has 0 radical (unpaired) electrons. The number of nitrogens with zero attached hydrogens (tertiary/aromatic N) is 2. The highest BCUT2D eigenvalue weighted by molar-refractivity contribution is 5.43. The molecule has 0 amide bonds. The molecule has 1 aliphatic heterocycles.